The Bertz CT molecular complexity index is 446. The van der Waals surface area contributed by atoms with Gasteiger partial charge in [0, 0.05) is 5.57 Å². The fourth-order valence-corrected chi connectivity index (χ4v) is 4.32. The second-order valence-corrected chi connectivity index (χ2v) is 13.0. The number of hydrogen-bond donors (Lipinski definition) is 0. The van der Waals surface area contributed by atoms with E-state index in [-0.39, 0.29) is 17.1 Å². The van der Waals surface area contributed by atoms with Crippen molar-refractivity contribution in [3.8, 4) is 0 Å². The molecule has 0 spiro atoms. The number of rotatable bonds is 8. The number of carbonyl (C=O) groups is 2. The number of allylic oxidation sites excluding steroid dienone is 1. The SMILES string of the molecule is CCCCCC1=C(C=O)C(C=O)C(O[Si](C)(C)C(C)(C)C)CC1. The molecule has 2 atom stereocenters. The van der Waals surface area contributed by atoms with E-state index in [0.29, 0.717) is 5.57 Å². The van der Waals surface area contributed by atoms with Crippen LogP contribution in [-0.2, 0) is 14.0 Å². The molecule has 4 heteroatoms. The Morgan fingerprint density at radius 3 is 2.35 bits per heavy atom. The molecule has 0 heterocycles. The van der Waals surface area contributed by atoms with E-state index in [0.717, 1.165) is 44.7 Å². The minimum absolute atomic E-state index is 0.104. The Kier molecular flexibility index (Phi) is 7.40. The van der Waals surface area contributed by atoms with Crippen molar-refractivity contribution in [3.63, 3.8) is 0 Å². The fourth-order valence-electron chi connectivity index (χ4n) is 2.94. The molecule has 0 aliphatic heterocycles. The first-order valence-electron chi connectivity index (χ1n) is 8.98. The van der Waals surface area contributed by atoms with Gasteiger partial charge in [0.25, 0.3) is 0 Å². The molecule has 0 radical (unpaired) electrons. The molecule has 0 aromatic heterocycles. The lowest BCUT2D eigenvalue weighted by Crippen LogP contribution is -2.47. The van der Waals surface area contributed by atoms with Crippen LogP contribution in [0.2, 0.25) is 18.1 Å². The summed E-state index contributed by atoms with van der Waals surface area (Å²) >= 11 is 0. The number of unbranched alkanes of at least 4 members (excludes halogenated alkanes) is 2. The predicted molar refractivity (Wildman–Crippen MR) is 98.1 cm³/mol. The Hall–Kier alpha value is -0.743. The molecule has 0 fully saturated rings. The van der Waals surface area contributed by atoms with Gasteiger partial charge in [-0.3, -0.25) is 4.79 Å². The first-order valence-corrected chi connectivity index (χ1v) is 11.9. The van der Waals surface area contributed by atoms with Crippen LogP contribution in [0.15, 0.2) is 11.1 Å². The lowest BCUT2D eigenvalue weighted by Gasteiger charge is -2.42. The van der Waals surface area contributed by atoms with Gasteiger partial charge in [-0.05, 0) is 43.8 Å². The lowest BCUT2D eigenvalue weighted by atomic mass is 9.80. The molecule has 0 aromatic carbocycles. The van der Waals surface area contributed by atoms with E-state index in [4.69, 9.17) is 4.43 Å². The molecular formula is C19H34O3Si. The van der Waals surface area contributed by atoms with Gasteiger partial charge >= 0.3 is 0 Å². The van der Waals surface area contributed by atoms with Crippen molar-refractivity contribution in [3.05, 3.63) is 11.1 Å². The van der Waals surface area contributed by atoms with E-state index in [1.165, 1.54) is 12.0 Å². The summed E-state index contributed by atoms with van der Waals surface area (Å²) in [5, 5.41) is 0.104. The van der Waals surface area contributed by atoms with Crippen molar-refractivity contribution in [2.75, 3.05) is 0 Å². The molecule has 23 heavy (non-hydrogen) atoms. The van der Waals surface area contributed by atoms with Crippen LogP contribution in [0.1, 0.15) is 66.2 Å². The van der Waals surface area contributed by atoms with Crippen molar-refractivity contribution in [2.45, 2.75) is 90.5 Å². The second-order valence-electron chi connectivity index (χ2n) is 8.25. The molecular weight excluding hydrogens is 304 g/mol. The molecule has 2 unspecified atom stereocenters. The van der Waals surface area contributed by atoms with Gasteiger partial charge in [-0.2, -0.15) is 0 Å². The molecule has 0 aromatic rings. The molecule has 0 saturated heterocycles. The van der Waals surface area contributed by atoms with Gasteiger partial charge in [-0.25, -0.2) is 0 Å². The average Bonchev–Trinajstić information content (AvgIpc) is 2.46. The smallest absolute Gasteiger partial charge is 0.192 e. The summed E-state index contributed by atoms with van der Waals surface area (Å²) in [6.07, 6.45) is 7.83. The first kappa shape index (κ1) is 20.3. The van der Waals surface area contributed by atoms with Crippen molar-refractivity contribution >= 4 is 20.9 Å². The summed E-state index contributed by atoms with van der Waals surface area (Å²) in [4.78, 5) is 23.3. The van der Waals surface area contributed by atoms with Gasteiger partial charge in [-0.15, -0.1) is 0 Å². The lowest BCUT2D eigenvalue weighted by molar-refractivity contribution is -0.115. The average molecular weight is 339 g/mol. The largest absolute Gasteiger partial charge is 0.413 e. The third kappa shape index (κ3) is 5.11. The topological polar surface area (TPSA) is 43.4 Å². The summed E-state index contributed by atoms with van der Waals surface area (Å²) in [5.74, 6) is -0.382. The monoisotopic (exact) mass is 338 g/mol. The maximum absolute atomic E-state index is 11.7. The Morgan fingerprint density at radius 2 is 1.87 bits per heavy atom. The zero-order chi connectivity index (χ0) is 17.7. The summed E-state index contributed by atoms with van der Waals surface area (Å²) in [5.41, 5.74) is 1.88. The first-order chi connectivity index (χ1) is 10.7. The van der Waals surface area contributed by atoms with Crippen molar-refractivity contribution in [2.24, 2.45) is 5.92 Å². The molecule has 0 N–H and O–H groups in total. The van der Waals surface area contributed by atoms with Crippen LogP contribution in [0, 0.1) is 5.92 Å². The molecule has 1 rings (SSSR count). The van der Waals surface area contributed by atoms with Crippen molar-refractivity contribution < 1.29 is 14.0 Å². The Balaban J connectivity index is 2.95. The summed E-state index contributed by atoms with van der Waals surface area (Å²) in [7, 11) is -1.94. The van der Waals surface area contributed by atoms with Gasteiger partial charge in [0.15, 0.2) is 8.32 Å². The van der Waals surface area contributed by atoms with E-state index in [1.54, 1.807) is 0 Å². The van der Waals surface area contributed by atoms with E-state index in [1.807, 2.05) is 0 Å². The van der Waals surface area contributed by atoms with E-state index in [2.05, 4.69) is 40.8 Å². The Labute approximate surface area is 143 Å². The van der Waals surface area contributed by atoms with Crippen LogP contribution in [-0.4, -0.2) is 27.0 Å². The summed E-state index contributed by atoms with van der Waals surface area (Å²) in [6.45, 7) is 13.2. The van der Waals surface area contributed by atoms with Crippen LogP contribution in [0.5, 0.6) is 0 Å². The van der Waals surface area contributed by atoms with Crippen LogP contribution >= 0.6 is 0 Å². The maximum atomic E-state index is 11.7. The Morgan fingerprint density at radius 1 is 1.22 bits per heavy atom. The quantitative estimate of drug-likeness (QED) is 0.353. The molecule has 0 amide bonds. The molecule has 1 aliphatic rings. The fraction of sp³-hybridized carbons (Fsp3) is 0.789. The zero-order valence-electron chi connectivity index (χ0n) is 15.8. The maximum Gasteiger partial charge on any atom is 0.192 e. The van der Waals surface area contributed by atoms with Crippen LogP contribution < -0.4 is 0 Å². The third-order valence-corrected chi connectivity index (χ3v) is 10.0. The minimum atomic E-state index is -1.94. The molecule has 132 valence electrons. The van der Waals surface area contributed by atoms with Gasteiger partial charge in [0.1, 0.15) is 12.6 Å². The highest BCUT2D eigenvalue weighted by Gasteiger charge is 2.42. The highest BCUT2D eigenvalue weighted by molar-refractivity contribution is 6.74. The minimum Gasteiger partial charge on any atom is -0.413 e. The van der Waals surface area contributed by atoms with Gasteiger partial charge in [0.05, 0.1) is 12.0 Å². The van der Waals surface area contributed by atoms with E-state index >= 15 is 0 Å². The van der Waals surface area contributed by atoms with Gasteiger partial charge in [-0.1, -0.05) is 46.1 Å². The molecule has 1 aliphatic carbocycles. The molecule has 3 nitrogen and oxygen atoms in total. The van der Waals surface area contributed by atoms with Crippen molar-refractivity contribution in [1.82, 2.24) is 0 Å². The second kappa shape index (κ2) is 8.38. The van der Waals surface area contributed by atoms with Crippen molar-refractivity contribution in [1.29, 1.82) is 0 Å². The standard InChI is InChI=1S/C19H34O3Si/c1-7-8-9-10-15-11-12-18(17(14-21)16(15)13-20)22-23(5,6)19(2,3)4/h13-14,17-18H,7-12H2,1-6H3. The summed E-state index contributed by atoms with van der Waals surface area (Å²) in [6, 6.07) is 0. The van der Waals surface area contributed by atoms with Crippen LogP contribution in [0.3, 0.4) is 0 Å². The number of hydrogen-bond acceptors (Lipinski definition) is 3. The highest BCUT2D eigenvalue weighted by atomic mass is 28.4. The number of aldehydes is 2. The van der Waals surface area contributed by atoms with E-state index in [9.17, 15) is 9.59 Å². The van der Waals surface area contributed by atoms with Gasteiger partial charge in [0.2, 0.25) is 0 Å². The van der Waals surface area contributed by atoms with E-state index < -0.39 is 8.32 Å². The van der Waals surface area contributed by atoms with Crippen LogP contribution in [0.4, 0.5) is 0 Å². The number of carbonyl (C=O) groups excluding carboxylic acids is 2. The molecule has 0 bridgehead atoms. The zero-order valence-corrected chi connectivity index (χ0v) is 16.8. The van der Waals surface area contributed by atoms with Crippen LogP contribution in [0.25, 0.3) is 0 Å². The molecule has 0 saturated carbocycles. The third-order valence-electron chi connectivity index (χ3n) is 5.51. The normalized spacial score (nSPS) is 23.0. The highest BCUT2D eigenvalue weighted by Crippen LogP contribution is 2.41. The van der Waals surface area contributed by atoms with Gasteiger partial charge < -0.3 is 9.22 Å². The predicted octanol–water partition coefficient (Wildman–Crippen LogP) is 5.06. The summed E-state index contributed by atoms with van der Waals surface area (Å²) < 4.78 is 6.47.